The number of nitrogens with one attached hydrogen (secondary N) is 1. The minimum absolute atomic E-state index is 0.107. The highest BCUT2D eigenvalue weighted by molar-refractivity contribution is 6.38. The molecule has 0 aliphatic heterocycles. The third-order valence-electron chi connectivity index (χ3n) is 2.36. The molecule has 102 valence electrons. The molecular formula is C13H8Cl3N3O. The van der Waals surface area contributed by atoms with Crippen molar-refractivity contribution in [2.24, 2.45) is 5.10 Å². The van der Waals surface area contributed by atoms with Gasteiger partial charge < -0.3 is 0 Å². The Morgan fingerprint density at radius 1 is 1.15 bits per heavy atom. The number of carbonyl (C=O) groups is 1. The number of nitrogens with zero attached hydrogens (tertiary/aromatic N) is 2. The van der Waals surface area contributed by atoms with E-state index in [1.54, 1.807) is 30.3 Å². The molecule has 2 aromatic rings. The number of carbonyl (C=O) groups excluding carboxylic acids is 1. The fourth-order valence-corrected chi connectivity index (χ4v) is 2.11. The number of hydrogen-bond donors (Lipinski definition) is 1. The summed E-state index contributed by atoms with van der Waals surface area (Å²) in [7, 11) is 0. The van der Waals surface area contributed by atoms with Crippen LogP contribution in [0.3, 0.4) is 0 Å². The molecular weight excluding hydrogens is 321 g/mol. The van der Waals surface area contributed by atoms with Crippen molar-refractivity contribution in [3.05, 3.63) is 62.9 Å². The molecule has 1 amide bonds. The van der Waals surface area contributed by atoms with Gasteiger partial charge >= 0.3 is 0 Å². The quantitative estimate of drug-likeness (QED) is 0.529. The second-order valence-electron chi connectivity index (χ2n) is 3.68. The van der Waals surface area contributed by atoms with E-state index in [4.69, 9.17) is 34.8 Å². The van der Waals surface area contributed by atoms with Crippen LogP contribution in [0.1, 0.15) is 15.9 Å². The van der Waals surface area contributed by atoms with Crippen molar-refractivity contribution in [1.82, 2.24) is 10.4 Å². The van der Waals surface area contributed by atoms with Gasteiger partial charge in [0.25, 0.3) is 5.91 Å². The monoisotopic (exact) mass is 327 g/mol. The highest BCUT2D eigenvalue weighted by Gasteiger charge is 2.09. The van der Waals surface area contributed by atoms with Gasteiger partial charge in [-0.1, -0.05) is 40.9 Å². The lowest BCUT2D eigenvalue weighted by molar-refractivity contribution is 0.0955. The average Bonchev–Trinajstić information content (AvgIpc) is 2.42. The number of benzene rings is 1. The van der Waals surface area contributed by atoms with Crippen molar-refractivity contribution < 1.29 is 4.79 Å². The van der Waals surface area contributed by atoms with E-state index in [1.807, 2.05) is 0 Å². The number of aromatic nitrogens is 1. The van der Waals surface area contributed by atoms with Crippen LogP contribution in [0.25, 0.3) is 0 Å². The lowest BCUT2D eigenvalue weighted by Gasteiger charge is -2.02. The Hall–Kier alpha value is -1.62. The summed E-state index contributed by atoms with van der Waals surface area (Å²) in [5.41, 5.74) is 3.09. The number of halogens is 3. The molecule has 2 rings (SSSR count). The summed E-state index contributed by atoms with van der Waals surface area (Å²) in [4.78, 5) is 15.6. The van der Waals surface area contributed by atoms with Crippen LogP contribution >= 0.6 is 34.8 Å². The lowest BCUT2D eigenvalue weighted by atomic mass is 10.2. The van der Waals surface area contributed by atoms with Crippen LogP contribution in [0.15, 0.2) is 41.6 Å². The first-order chi connectivity index (χ1) is 9.59. The number of pyridine rings is 1. The van der Waals surface area contributed by atoms with Gasteiger partial charge in [0.15, 0.2) is 0 Å². The number of hydrogen-bond acceptors (Lipinski definition) is 3. The molecule has 1 heterocycles. The maximum absolute atomic E-state index is 11.8. The largest absolute Gasteiger partial charge is 0.274 e. The third-order valence-corrected chi connectivity index (χ3v) is 3.32. The fraction of sp³-hybridized carbons (Fsp3) is 0. The van der Waals surface area contributed by atoms with Crippen LogP contribution in [-0.2, 0) is 0 Å². The van der Waals surface area contributed by atoms with Crippen LogP contribution in [0.4, 0.5) is 0 Å². The molecule has 0 saturated carbocycles. The Morgan fingerprint density at radius 3 is 2.50 bits per heavy atom. The SMILES string of the molecule is O=C(N/N=C\c1c(Cl)cccc1Cl)c1cccnc1Cl. The smallest absolute Gasteiger partial charge is 0.267 e. The normalized spacial score (nSPS) is 10.8. The second kappa shape index (κ2) is 6.70. The molecule has 7 heteroatoms. The minimum atomic E-state index is -0.470. The van der Waals surface area contributed by atoms with Crippen molar-refractivity contribution in [3.63, 3.8) is 0 Å². The maximum Gasteiger partial charge on any atom is 0.274 e. The Labute approximate surface area is 130 Å². The first-order valence-corrected chi connectivity index (χ1v) is 6.61. The van der Waals surface area contributed by atoms with Gasteiger partial charge in [-0.3, -0.25) is 4.79 Å². The zero-order chi connectivity index (χ0) is 14.5. The van der Waals surface area contributed by atoms with Crippen LogP contribution in [0, 0.1) is 0 Å². The first kappa shape index (κ1) is 14.8. The van der Waals surface area contributed by atoms with E-state index in [-0.39, 0.29) is 10.7 Å². The van der Waals surface area contributed by atoms with Gasteiger partial charge in [0, 0.05) is 11.8 Å². The number of rotatable bonds is 3. The van der Waals surface area contributed by atoms with E-state index in [0.717, 1.165) is 0 Å². The van der Waals surface area contributed by atoms with Crippen molar-refractivity contribution in [2.45, 2.75) is 0 Å². The number of amides is 1. The summed E-state index contributed by atoms with van der Waals surface area (Å²) in [5.74, 6) is -0.470. The van der Waals surface area contributed by atoms with Crippen LogP contribution in [0.2, 0.25) is 15.2 Å². The molecule has 0 unspecified atom stereocenters. The van der Waals surface area contributed by atoms with Gasteiger partial charge in [0.05, 0.1) is 21.8 Å². The van der Waals surface area contributed by atoms with E-state index in [1.165, 1.54) is 12.4 Å². The van der Waals surface area contributed by atoms with Crippen molar-refractivity contribution in [2.75, 3.05) is 0 Å². The Balaban J connectivity index is 2.11. The van der Waals surface area contributed by atoms with E-state index in [9.17, 15) is 4.79 Å². The van der Waals surface area contributed by atoms with Gasteiger partial charge in [0.2, 0.25) is 0 Å². The topological polar surface area (TPSA) is 54.4 Å². The van der Waals surface area contributed by atoms with Crippen LogP contribution < -0.4 is 5.43 Å². The predicted octanol–water partition coefficient (Wildman–Crippen LogP) is 3.81. The summed E-state index contributed by atoms with van der Waals surface area (Å²) in [6.07, 6.45) is 2.86. The van der Waals surface area contributed by atoms with Crippen molar-refractivity contribution in [3.8, 4) is 0 Å². The second-order valence-corrected chi connectivity index (χ2v) is 4.85. The van der Waals surface area contributed by atoms with E-state index < -0.39 is 5.91 Å². The molecule has 20 heavy (non-hydrogen) atoms. The van der Waals surface area contributed by atoms with Gasteiger partial charge in [0.1, 0.15) is 5.15 Å². The first-order valence-electron chi connectivity index (χ1n) is 5.47. The summed E-state index contributed by atoms with van der Waals surface area (Å²) in [6, 6.07) is 8.22. The molecule has 0 fully saturated rings. The summed E-state index contributed by atoms with van der Waals surface area (Å²) in [6.45, 7) is 0. The van der Waals surface area contributed by atoms with E-state index in [2.05, 4.69) is 15.5 Å². The van der Waals surface area contributed by atoms with E-state index >= 15 is 0 Å². The molecule has 1 aromatic carbocycles. The average molecular weight is 329 g/mol. The Bertz CT molecular complexity index is 653. The van der Waals surface area contributed by atoms with Gasteiger partial charge in [-0.05, 0) is 24.3 Å². The Morgan fingerprint density at radius 2 is 1.85 bits per heavy atom. The summed E-state index contributed by atoms with van der Waals surface area (Å²) >= 11 is 17.7. The number of hydrazone groups is 1. The zero-order valence-electron chi connectivity index (χ0n) is 9.98. The minimum Gasteiger partial charge on any atom is -0.267 e. The van der Waals surface area contributed by atoms with Gasteiger partial charge in [-0.2, -0.15) is 5.10 Å². The van der Waals surface area contributed by atoms with Gasteiger partial charge in [-0.15, -0.1) is 0 Å². The predicted molar refractivity (Wildman–Crippen MR) is 80.8 cm³/mol. The van der Waals surface area contributed by atoms with Gasteiger partial charge in [-0.25, -0.2) is 10.4 Å². The van der Waals surface area contributed by atoms with Crippen molar-refractivity contribution in [1.29, 1.82) is 0 Å². The molecule has 0 radical (unpaired) electrons. The Kier molecular flexibility index (Phi) is 4.95. The lowest BCUT2D eigenvalue weighted by Crippen LogP contribution is -2.18. The van der Waals surface area contributed by atoms with E-state index in [0.29, 0.717) is 15.6 Å². The molecule has 1 aromatic heterocycles. The maximum atomic E-state index is 11.8. The fourth-order valence-electron chi connectivity index (χ4n) is 1.41. The van der Waals surface area contributed by atoms with Crippen molar-refractivity contribution >= 4 is 46.9 Å². The zero-order valence-corrected chi connectivity index (χ0v) is 12.2. The molecule has 0 aliphatic carbocycles. The summed E-state index contributed by atoms with van der Waals surface area (Å²) < 4.78 is 0. The molecule has 0 bridgehead atoms. The standard InChI is InChI=1S/C13H8Cl3N3O/c14-10-4-1-5-11(15)9(10)7-18-19-13(20)8-3-2-6-17-12(8)16/h1-7H,(H,19,20)/b18-7-. The third kappa shape index (κ3) is 3.48. The molecule has 0 atom stereocenters. The molecule has 0 spiro atoms. The molecule has 4 nitrogen and oxygen atoms in total. The highest BCUT2D eigenvalue weighted by atomic mass is 35.5. The van der Waals surface area contributed by atoms with Crippen LogP contribution in [-0.4, -0.2) is 17.1 Å². The highest BCUT2D eigenvalue weighted by Crippen LogP contribution is 2.22. The molecule has 1 N–H and O–H groups in total. The van der Waals surface area contributed by atoms with Crippen LogP contribution in [0.5, 0.6) is 0 Å². The molecule has 0 aliphatic rings. The summed E-state index contributed by atoms with van der Waals surface area (Å²) in [5, 5.41) is 4.79. The molecule has 0 saturated heterocycles.